The van der Waals surface area contributed by atoms with Crippen LogP contribution in [0.2, 0.25) is 0 Å². The molecule has 0 radical (unpaired) electrons. The van der Waals surface area contributed by atoms with Crippen molar-refractivity contribution in [1.82, 2.24) is 25.3 Å². The van der Waals surface area contributed by atoms with E-state index in [0.717, 1.165) is 16.5 Å². The zero-order valence-electron chi connectivity index (χ0n) is 22.2. The van der Waals surface area contributed by atoms with Crippen molar-refractivity contribution >= 4 is 33.8 Å². The number of carbonyl (C=O) groups excluding carboxylic acids is 1. The van der Waals surface area contributed by atoms with Crippen molar-refractivity contribution < 1.29 is 19.1 Å². The maximum absolute atomic E-state index is 12.2. The van der Waals surface area contributed by atoms with Gasteiger partial charge in [-0.25, -0.2) is 14.8 Å². The van der Waals surface area contributed by atoms with Gasteiger partial charge in [-0.3, -0.25) is 10.3 Å². The molecule has 0 spiro atoms. The van der Waals surface area contributed by atoms with Gasteiger partial charge >= 0.3 is 6.09 Å². The van der Waals surface area contributed by atoms with Crippen LogP contribution < -0.4 is 21.3 Å². The fourth-order valence-electron chi connectivity index (χ4n) is 3.93. The first-order valence-corrected chi connectivity index (χ1v) is 12.4. The van der Waals surface area contributed by atoms with Gasteiger partial charge in [-0.2, -0.15) is 0 Å². The van der Waals surface area contributed by atoms with E-state index in [-0.39, 0.29) is 6.61 Å². The number of rotatable bonds is 10. The molecule has 4 aromatic rings. The third-order valence-corrected chi connectivity index (χ3v) is 5.45. The summed E-state index contributed by atoms with van der Waals surface area (Å²) in [5.74, 6) is 1.59. The highest BCUT2D eigenvalue weighted by Gasteiger charge is 2.19. The van der Waals surface area contributed by atoms with Crippen LogP contribution >= 0.6 is 0 Å². The number of pyridine rings is 1. The van der Waals surface area contributed by atoms with Crippen LogP contribution in [0.3, 0.4) is 0 Å². The molecule has 2 heterocycles. The molecule has 2 aromatic heterocycles. The first kappa shape index (κ1) is 26.7. The van der Waals surface area contributed by atoms with E-state index < -0.39 is 11.7 Å². The first-order chi connectivity index (χ1) is 18.1. The molecule has 0 aliphatic carbocycles. The second kappa shape index (κ2) is 11.4. The second-order valence-electron chi connectivity index (χ2n) is 9.93. The van der Waals surface area contributed by atoms with Gasteiger partial charge in [0.2, 0.25) is 0 Å². The predicted molar refractivity (Wildman–Crippen MR) is 147 cm³/mol. The molecule has 1 amide bonds. The number of alkyl carbamates (subject to hydrolysis) is 1. The van der Waals surface area contributed by atoms with Gasteiger partial charge in [-0.1, -0.05) is 36.9 Å². The Hall–Kier alpha value is -4.31. The Balaban J connectivity index is 1.65. The number of nitrogens with zero attached hydrogens (tertiary/aromatic N) is 3. The molecule has 0 bridgehead atoms. The zero-order valence-corrected chi connectivity index (χ0v) is 22.2. The van der Waals surface area contributed by atoms with Gasteiger partial charge in [0.05, 0.1) is 11.0 Å². The van der Waals surface area contributed by atoms with Crippen LogP contribution in [0.1, 0.15) is 39.1 Å². The second-order valence-corrected chi connectivity index (χ2v) is 9.93. The highest BCUT2D eigenvalue weighted by Crippen LogP contribution is 2.31. The van der Waals surface area contributed by atoms with Gasteiger partial charge in [0, 0.05) is 30.2 Å². The van der Waals surface area contributed by atoms with Crippen molar-refractivity contribution in [2.45, 2.75) is 53.1 Å². The third-order valence-electron chi connectivity index (χ3n) is 5.45. The number of ether oxygens (including phenoxy) is 2. The molecule has 0 saturated heterocycles. The van der Waals surface area contributed by atoms with Gasteiger partial charge < -0.3 is 25.1 Å². The van der Waals surface area contributed by atoms with Crippen molar-refractivity contribution in [3.63, 3.8) is 0 Å². The van der Waals surface area contributed by atoms with Crippen LogP contribution in [0.25, 0.3) is 21.9 Å². The Bertz CT molecular complexity index is 1440. The van der Waals surface area contributed by atoms with E-state index in [0.29, 0.717) is 53.8 Å². The van der Waals surface area contributed by atoms with Gasteiger partial charge in [0.15, 0.2) is 5.82 Å². The fourth-order valence-corrected chi connectivity index (χ4v) is 3.93. The molecule has 4 rings (SSSR count). The standard InChI is InChI=1S/C28H34N6O4/c1-18(2)33-37-17-23-32-24-25(34(23)14-13-30-27(35)38-28(3,4)5)21-12-11-20(15-22(21)31-26(24)29)36-16-19-9-7-6-8-10-19/h6-12,15,33H,1,13-14,16-17H2,2-5H3,(H2,29,31)(H,30,35). The highest BCUT2D eigenvalue weighted by molar-refractivity contribution is 6.07. The number of fused-ring (bicyclic) bond motifs is 3. The average Bonchev–Trinajstić information content (AvgIpc) is 3.21. The fraction of sp³-hybridized carbons (Fsp3) is 0.321. The zero-order chi connectivity index (χ0) is 27.3. The van der Waals surface area contributed by atoms with Crippen molar-refractivity contribution in [2.24, 2.45) is 0 Å². The molecule has 0 atom stereocenters. The number of nitrogens with two attached hydrogens (primary N) is 1. The number of benzene rings is 2. The van der Waals surface area contributed by atoms with Crippen LogP contribution in [0.5, 0.6) is 5.75 Å². The van der Waals surface area contributed by atoms with Gasteiger partial charge in [0.1, 0.15) is 35.9 Å². The van der Waals surface area contributed by atoms with Gasteiger partial charge in [-0.15, -0.1) is 0 Å². The Kier molecular flexibility index (Phi) is 8.02. The van der Waals surface area contributed by atoms with Crippen molar-refractivity contribution in [3.05, 3.63) is 72.2 Å². The molecule has 10 nitrogen and oxygen atoms in total. The Labute approximate surface area is 221 Å². The minimum absolute atomic E-state index is 0.146. The number of aromatic nitrogens is 3. The minimum Gasteiger partial charge on any atom is -0.489 e. The molecule has 0 aliphatic rings. The number of hydroxylamine groups is 1. The topological polar surface area (TPSA) is 126 Å². The molecule has 0 unspecified atom stereocenters. The molecular formula is C28H34N6O4. The van der Waals surface area contributed by atoms with E-state index in [1.54, 1.807) is 6.92 Å². The number of allylic oxidation sites excluding steroid dienone is 1. The maximum Gasteiger partial charge on any atom is 0.407 e. The van der Waals surface area contributed by atoms with Crippen LogP contribution in [-0.4, -0.2) is 32.8 Å². The monoisotopic (exact) mass is 518 g/mol. The molecule has 200 valence electrons. The number of imidazole rings is 1. The molecule has 0 aliphatic heterocycles. The van der Waals surface area contributed by atoms with Crippen LogP contribution in [0.4, 0.5) is 10.6 Å². The molecule has 0 fully saturated rings. The number of hydrogen-bond acceptors (Lipinski definition) is 8. The highest BCUT2D eigenvalue weighted by atomic mass is 16.6. The first-order valence-electron chi connectivity index (χ1n) is 12.4. The Morgan fingerprint density at radius 2 is 1.87 bits per heavy atom. The quantitative estimate of drug-likeness (QED) is 0.255. The molecule has 10 heteroatoms. The lowest BCUT2D eigenvalue weighted by Crippen LogP contribution is -2.34. The summed E-state index contributed by atoms with van der Waals surface area (Å²) in [4.78, 5) is 27.1. The summed E-state index contributed by atoms with van der Waals surface area (Å²) < 4.78 is 13.3. The normalized spacial score (nSPS) is 11.5. The summed E-state index contributed by atoms with van der Waals surface area (Å²) in [5.41, 5.74) is 12.3. The summed E-state index contributed by atoms with van der Waals surface area (Å²) >= 11 is 0. The third kappa shape index (κ3) is 6.71. The van der Waals surface area contributed by atoms with E-state index in [2.05, 4.69) is 22.4 Å². The lowest BCUT2D eigenvalue weighted by Gasteiger charge is -2.20. The SMILES string of the molecule is C=C(C)NOCc1nc2c(N)nc3cc(OCc4ccccc4)ccc3c2n1CCNC(=O)OC(C)(C)C. The Morgan fingerprint density at radius 3 is 2.58 bits per heavy atom. The molecule has 38 heavy (non-hydrogen) atoms. The summed E-state index contributed by atoms with van der Waals surface area (Å²) in [6.45, 7) is 12.3. The largest absolute Gasteiger partial charge is 0.489 e. The van der Waals surface area contributed by atoms with Gasteiger partial charge in [0.25, 0.3) is 0 Å². The predicted octanol–water partition coefficient (Wildman–Crippen LogP) is 4.83. The smallest absolute Gasteiger partial charge is 0.407 e. The Morgan fingerprint density at radius 1 is 1.11 bits per heavy atom. The minimum atomic E-state index is -0.588. The van der Waals surface area contributed by atoms with Gasteiger partial charge in [-0.05, 0) is 45.4 Å². The number of carbonyl (C=O) groups is 1. The van der Waals surface area contributed by atoms with Crippen molar-refractivity contribution in [1.29, 1.82) is 0 Å². The van der Waals surface area contributed by atoms with E-state index >= 15 is 0 Å². The van der Waals surface area contributed by atoms with Crippen LogP contribution in [-0.2, 0) is 29.3 Å². The maximum atomic E-state index is 12.2. The summed E-state index contributed by atoms with van der Waals surface area (Å²) in [6.07, 6.45) is -0.491. The van der Waals surface area contributed by atoms with E-state index in [9.17, 15) is 4.79 Å². The number of amides is 1. The number of nitrogens with one attached hydrogen (secondary N) is 2. The number of anilines is 1. The molecule has 0 saturated carbocycles. The molecule has 2 aromatic carbocycles. The van der Waals surface area contributed by atoms with E-state index in [1.165, 1.54) is 0 Å². The van der Waals surface area contributed by atoms with E-state index in [4.69, 9.17) is 25.0 Å². The summed E-state index contributed by atoms with van der Waals surface area (Å²) in [7, 11) is 0. The number of nitrogen functional groups attached to an aromatic ring is 1. The lowest BCUT2D eigenvalue weighted by atomic mass is 10.1. The molecular weight excluding hydrogens is 484 g/mol. The van der Waals surface area contributed by atoms with Crippen molar-refractivity contribution in [2.75, 3.05) is 12.3 Å². The average molecular weight is 519 g/mol. The summed E-state index contributed by atoms with van der Waals surface area (Å²) in [6, 6.07) is 15.7. The van der Waals surface area contributed by atoms with Crippen molar-refractivity contribution in [3.8, 4) is 5.75 Å². The number of hydrogen-bond donors (Lipinski definition) is 3. The van der Waals surface area contributed by atoms with Crippen LogP contribution in [0, 0.1) is 0 Å². The molecule has 4 N–H and O–H groups in total. The lowest BCUT2D eigenvalue weighted by molar-refractivity contribution is 0.0436. The van der Waals surface area contributed by atoms with Crippen LogP contribution in [0.15, 0.2) is 60.8 Å². The van der Waals surface area contributed by atoms with E-state index in [1.807, 2.05) is 73.9 Å². The summed E-state index contributed by atoms with van der Waals surface area (Å²) in [5, 5.41) is 3.65.